The molecule has 4 rings (SSSR count). The van der Waals surface area contributed by atoms with Gasteiger partial charge in [-0.3, -0.25) is 6.08 Å². The Balaban J connectivity index is 0.000000172. The third-order valence-electron chi connectivity index (χ3n) is 3.81. The minimum absolute atomic E-state index is 0. The van der Waals surface area contributed by atoms with E-state index >= 15 is 0 Å². The minimum Gasteiger partial charge on any atom is -0.269 e. The predicted octanol–water partition coefficient (Wildman–Crippen LogP) is 6.19. The average molecular weight is 364 g/mol. The zero-order valence-corrected chi connectivity index (χ0v) is 15.4. The summed E-state index contributed by atoms with van der Waals surface area (Å²) in [6.07, 6.45) is 11.1. The molecule has 0 atom stereocenters. The van der Waals surface area contributed by atoms with Crippen LogP contribution in [0.25, 0.3) is 21.5 Å². The Morgan fingerprint density at radius 1 is 0.955 bits per heavy atom. The van der Waals surface area contributed by atoms with Gasteiger partial charge in [0.1, 0.15) is 0 Å². The van der Waals surface area contributed by atoms with Crippen molar-refractivity contribution >= 4 is 21.5 Å². The van der Waals surface area contributed by atoms with Gasteiger partial charge in [-0.15, -0.1) is 46.2 Å². The van der Waals surface area contributed by atoms with Gasteiger partial charge in [0.25, 0.3) is 0 Å². The summed E-state index contributed by atoms with van der Waals surface area (Å²) in [6.45, 7) is 2.20. The van der Waals surface area contributed by atoms with Crippen molar-refractivity contribution in [2.75, 3.05) is 0 Å². The first-order valence-electron chi connectivity index (χ1n) is 7.68. The minimum atomic E-state index is 0. The van der Waals surface area contributed by atoms with E-state index in [9.17, 15) is 0 Å². The Hall–Kier alpha value is -1.33. The largest absolute Gasteiger partial charge is 2.00 e. The molecule has 0 bridgehead atoms. The molecule has 108 valence electrons. The number of rotatable bonds is 2. The predicted molar refractivity (Wildman–Crippen MR) is 92.5 cm³/mol. The first-order valence-corrected chi connectivity index (χ1v) is 7.68. The zero-order chi connectivity index (χ0) is 14.5. The normalized spacial score (nSPS) is 12.7. The van der Waals surface area contributed by atoms with Crippen LogP contribution in [0.4, 0.5) is 0 Å². The van der Waals surface area contributed by atoms with Gasteiger partial charge >= 0.3 is 26.2 Å². The summed E-state index contributed by atoms with van der Waals surface area (Å²) in [5, 5.41) is 5.39. The second-order valence-electron chi connectivity index (χ2n) is 5.38. The van der Waals surface area contributed by atoms with Crippen LogP contribution in [0.3, 0.4) is 0 Å². The van der Waals surface area contributed by atoms with E-state index in [1.54, 1.807) is 0 Å². The topological polar surface area (TPSA) is 0 Å². The van der Waals surface area contributed by atoms with Gasteiger partial charge in [0, 0.05) is 0 Å². The van der Waals surface area contributed by atoms with E-state index < -0.39 is 0 Å². The Morgan fingerprint density at radius 3 is 2.05 bits per heavy atom. The smallest absolute Gasteiger partial charge is 0.269 e. The van der Waals surface area contributed by atoms with Crippen molar-refractivity contribution < 1.29 is 26.2 Å². The third-order valence-corrected chi connectivity index (χ3v) is 3.81. The second kappa shape index (κ2) is 8.34. The van der Waals surface area contributed by atoms with Crippen molar-refractivity contribution in [3.63, 3.8) is 0 Å². The molecule has 0 nitrogen and oxygen atoms in total. The number of fused-ring (bicyclic) bond motifs is 3. The molecule has 22 heavy (non-hydrogen) atoms. The first-order chi connectivity index (χ1) is 10.4. The van der Waals surface area contributed by atoms with Crippen LogP contribution in [-0.2, 0) is 26.2 Å². The molecule has 0 aliphatic heterocycles. The van der Waals surface area contributed by atoms with E-state index in [4.69, 9.17) is 0 Å². The molecule has 0 fully saturated rings. The summed E-state index contributed by atoms with van der Waals surface area (Å²) >= 11 is 0. The maximum atomic E-state index is 3.26. The zero-order valence-electron chi connectivity index (χ0n) is 13.0. The van der Waals surface area contributed by atoms with E-state index in [1.165, 1.54) is 40.0 Å². The number of hydrogen-bond acceptors (Lipinski definition) is 0. The second-order valence-corrected chi connectivity index (χ2v) is 5.38. The van der Waals surface area contributed by atoms with Crippen LogP contribution in [0.5, 0.6) is 0 Å². The first kappa shape index (κ1) is 17.0. The van der Waals surface area contributed by atoms with E-state index in [1.807, 2.05) is 0 Å². The van der Waals surface area contributed by atoms with Gasteiger partial charge in [-0.05, 0) is 0 Å². The molecule has 0 spiro atoms. The van der Waals surface area contributed by atoms with Crippen molar-refractivity contribution in [3.8, 4) is 0 Å². The monoisotopic (exact) mass is 362 g/mol. The third kappa shape index (κ3) is 3.90. The van der Waals surface area contributed by atoms with Crippen LogP contribution in [-0.4, -0.2) is 0 Å². The van der Waals surface area contributed by atoms with Gasteiger partial charge in [-0.25, -0.2) is 11.6 Å². The quantitative estimate of drug-likeness (QED) is 0.477. The summed E-state index contributed by atoms with van der Waals surface area (Å²) < 4.78 is 0. The molecule has 3 aromatic rings. The van der Waals surface area contributed by atoms with Crippen LogP contribution < -0.4 is 0 Å². The molecule has 0 radical (unpaired) electrons. The van der Waals surface area contributed by atoms with E-state index in [2.05, 4.69) is 79.7 Å². The molecule has 0 saturated carbocycles. The molecule has 1 aliphatic carbocycles. The van der Waals surface area contributed by atoms with Crippen LogP contribution in [0.2, 0.25) is 0 Å². The van der Waals surface area contributed by atoms with Gasteiger partial charge in [-0.1, -0.05) is 56.2 Å². The van der Waals surface area contributed by atoms with Gasteiger partial charge in [0.2, 0.25) is 0 Å². The number of allylic oxidation sites excluding steroid dienone is 4. The Labute approximate surface area is 152 Å². The summed E-state index contributed by atoms with van der Waals surface area (Å²) in [5.74, 6) is 0. The number of hydrogen-bond donors (Lipinski definition) is 0. The fourth-order valence-corrected chi connectivity index (χ4v) is 2.80. The molecule has 1 aliphatic rings. The molecular weight excluding hydrogens is 343 g/mol. The van der Waals surface area contributed by atoms with Crippen LogP contribution in [0, 0.1) is 6.08 Å². The molecule has 0 aromatic heterocycles. The molecule has 0 N–H and O–H groups in total. The summed E-state index contributed by atoms with van der Waals surface area (Å²) in [6, 6.07) is 19.3. The molecule has 0 unspecified atom stereocenters. The molecular formula is C21H20Zr. The molecule has 1 heteroatoms. The van der Waals surface area contributed by atoms with Crippen molar-refractivity contribution in [2.24, 2.45) is 0 Å². The maximum absolute atomic E-state index is 3.26. The van der Waals surface area contributed by atoms with Gasteiger partial charge in [0.15, 0.2) is 0 Å². The summed E-state index contributed by atoms with van der Waals surface area (Å²) in [7, 11) is 0. The fraction of sp³-hybridized carbons (Fsp3) is 0.190. The molecule has 0 heterocycles. The van der Waals surface area contributed by atoms with E-state index in [0.29, 0.717) is 0 Å². The SMILES string of the molecule is CCCC1=[C-]CC=C1.[Zr+2].c1ccc2c(c1)[cH-]c1ccccc12. The Kier molecular flexibility index (Phi) is 6.46. The molecule has 3 aromatic carbocycles. The van der Waals surface area contributed by atoms with Gasteiger partial charge in [-0.2, -0.15) is 6.08 Å². The number of benzene rings is 2. The van der Waals surface area contributed by atoms with Crippen LogP contribution >= 0.6 is 0 Å². The van der Waals surface area contributed by atoms with Gasteiger partial charge < -0.3 is 0 Å². The molecule has 0 amide bonds. The van der Waals surface area contributed by atoms with E-state index in [-0.39, 0.29) is 26.2 Å². The Morgan fingerprint density at radius 2 is 1.55 bits per heavy atom. The maximum Gasteiger partial charge on any atom is 2.00 e. The van der Waals surface area contributed by atoms with Crippen molar-refractivity contribution in [1.29, 1.82) is 0 Å². The van der Waals surface area contributed by atoms with Gasteiger partial charge in [0.05, 0.1) is 0 Å². The van der Waals surface area contributed by atoms with Crippen molar-refractivity contribution in [1.82, 2.24) is 0 Å². The molecule has 0 saturated heterocycles. The summed E-state index contributed by atoms with van der Waals surface area (Å²) in [5.41, 5.74) is 1.40. The van der Waals surface area contributed by atoms with E-state index in [0.717, 1.165) is 6.42 Å². The van der Waals surface area contributed by atoms with Crippen LogP contribution in [0.15, 0.2) is 72.3 Å². The van der Waals surface area contributed by atoms with Crippen molar-refractivity contribution in [3.05, 3.63) is 78.4 Å². The summed E-state index contributed by atoms with van der Waals surface area (Å²) in [4.78, 5) is 0. The Bertz CT molecular complexity index is 739. The average Bonchev–Trinajstić information content (AvgIpc) is 3.15. The standard InChI is InChI=1S/C13H9.C8H11.Zr/c1-3-7-12-10(5-1)9-11-6-2-4-8-13(11)12;1-2-5-8-6-3-4-7-8;/h1-9H;3,6H,2,4-5H2,1H3;/q2*-1;+2. The fourth-order valence-electron chi connectivity index (χ4n) is 2.80. The van der Waals surface area contributed by atoms with Crippen molar-refractivity contribution in [2.45, 2.75) is 26.2 Å². The van der Waals surface area contributed by atoms with Crippen LogP contribution in [0.1, 0.15) is 26.2 Å².